The summed E-state index contributed by atoms with van der Waals surface area (Å²) in [5.41, 5.74) is 17.6. The van der Waals surface area contributed by atoms with Crippen LogP contribution < -0.4 is 4.74 Å². The average Bonchev–Trinajstić information content (AvgIpc) is 3.57. The summed E-state index contributed by atoms with van der Waals surface area (Å²) in [4.78, 5) is 10.3. The summed E-state index contributed by atoms with van der Waals surface area (Å²) >= 11 is 0. The fourth-order valence-electron chi connectivity index (χ4n) is 9.06. The summed E-state index contributed by atoms with van der Waals surface area (Å²) in [5, 5.41) is 0. The van der Waals surface area contributed by atoms with Crippen LogP contribution in [0.15, 0.2) is 200 Å². The van der Waals surface area contributed by atoms with Crippen LogP contribution in [0, 0.1) is 6.92 Å². The zero-order valence-electron chi connectivity index (χ0n) is 31.4. The smallest absolute Gasteiger partial charge is 0.160 e. The molecule has 0 N–H and O–H groups in total. The van der Waals surface area contributed by atoms with Crippen molar-refractivity contribution in [1.29, 1.82) is 0 Å². The summed E-state index contributed by atoms with van der Waals surface area (Å²) in [6.07, 6.45) is 0. The molecule has 2 heterocycles. The molecular formula is C54H36N2O. The lowest BCUT2D eigenvalue weighted by Crippen LogP contribution is -2.32. The highest BCUT2D eigenvalue weighted by atomic mass is 16.5. The topological polar surface area (TPSA) is 35.0 Å². The molecule has 0 bridgehead atoms. The van der Waals surface area contributed by atoms with Crippen molar-refractivity contribution >= 4 is 0 Å². The van der Waals surface area contributed by atoms with Gasteiger partial charge in [-0.1, -0.05) is 164 Å². The van der Waals surface area contributed by atoms with E-state index in [1.54, 1.807) is 0 Å². The second kappa shape index (κ2) is 13.1. The van der Waals surface area contributed by atoms with E-state index < -0.39 is 5.41 Å². The molecular weight excluding hydrogens is 693 g/mol. The van der Waals surface area contributed by atoms with Crippen LogP contribution in [-0.2, 0) is 5.41 Å². The van der Waals surface area contributed by atoms with Gasteiger partial charge in [0, 0.05) is 27.8 Å². The van der Waals surface area contributed by atoms with Gasteiger partial charge in [-0.05, 0) is 93.4 Å². The van der Waals surface area contributed by atoms with E-state index in [1.807, 2.05) is 12.1 Å². The fraction of sp³-hybridized carbons (Fsp3) is 0.0370. The summed E-state index contributed by atoms with van der Waals surface area (Å²) in [6, 6.07) is 71.2. The van der Waals surface area contributed by atoms with Gasteiger partial charge in [0.25, 0.3) is 0 Å². The van der Waals surface area contributed by atoms with E-state index in [9.17, 15) is 0 Å². The van der Waals surface area contributed by atoms with Gasteiger partial charge < -0.3 is 4.74 Å². The highest BCUT2D eigenvalue weighted by molar-refractivity contribution is 5.89. The average molecular weight is 729 g/mol. The van der Waals surface area contributed by atoms with Crippen molar-refractivity contribution < 1.29 is 4.74 Å². The first-order chi connectivity index (χ1) is 28.1. The first-order valence-electron chi connectivity index (χ1n) is 19.5. The highest BCUT2D eigenvalue weighted by Crippen LogP contribution is 2.62. The molecule has 0 saturated carbocycles. The lowest BCUT2D eigenvalue weighted by Gasteiger charge is -2.39. The summed E-state index contributed by atoms with van der Waals surface area (Å²) in [5.74, 6) is 2.48. The quantitative estimate of drug-likeness (QED) is 0.177. The second-order valence-electron chi connectivity index (χ2n) is 15.0. The molecule has 0 saturated heterocycles. The molecule has 1 aromatic heterocycles. The molecule has 2 aliphatic rings. The normalized spacial score (nSPS) is 12.9. The Hall–Kier alpha value is -7.36. The van der Waals surface area contributed by atoms with Crippen molar-refractivity contribution in [2.45, 2.75) is 12.3 Å². The number of aryl methyl sites for hydroxylation is 1. The van der Waals surface area contributed by atoms with Gasteiger partial charge in [0.1, 0.15) is 11.5 Å². The van der Waals surface area contributed by atoms with Gasteiger partial charge in [-0.25, -0.2) is 9.97 Å². The van der Waals surface area contributed by atoms with Crippen LogP contribution in [0.2, 0.25) is 0 Å². The third-order valence-corrected chi connectivity index (χ3v) is 11.7. The van der Waals surface area contributed by atoms with Crippen molar-refractivity contribution in [2.24, 2.45) is 0 Å². The molecule has 0 radical (unpaired) electrons. The molecule has 0 atom stereocenters. The maximum atomic E-state index is 6.71. The molecule has 0 fully saturated rings. The molecule has 3 heteroatoms. The largest absolute Gasteiger partial charge is 0.457 e. The van der Waals surface area contributed by atoms with Gasteiger partial charge in [0.05, 0.1) is 16.8 Å². The molecule has 57 heavy (non-hydrogen) atoms. The van der Waals surface area contributed by atoms with Crippen molar-refractivity contribution in [2.75, 3.05) is 0 Å². The Bertz CT molecular complexity index is 2900. The molecule has 1 aliphatic carbocycles. The van der Waals surface area contributed by atoms with Crippen LogP contribution in [0.25, 0.3) is 67.3 Å². The van der Waals surface area contributed by atoms with Crippen LogP contribution >= 0.6 is 0 Å². The molecule has 0 unspecified atom stereocenters. The molecule has 268 valence electrons. The van der Waals surface area contributed by atoms with Gasteiger partial charge in [0.15, 0.2) is 5.82 Å². The summed E-state index contributed by atoms with van der Waals surface area (Å²) in [6.45, 7) is 2.18. The van der Waals surface area contributed by atoms with Crippen molar-refractivity contribution in [3.05, 3.63) is 228 Å². The van der Waals surface area contributed by atoms with Gasteiger partial charge in [-0.3, -0.25) is 0 Å². The SMILES string of the molecule is Cc1ccc(-c2nc(-c3ccccc3)cc(-c3ccccc3)n2)cc1-c1cccc(-c2ccc3c(c2)C2(c4ccccc4O3)c3ccccc3-c3ccccc32)c1. The zero-order valence-corrected chi connectivity index (χ0v) is 31.4. The third-order valence-electron chi connectivity index (χ3n) is 11.7. The number of aromatic nitrogens is 2. The number of rotatable bonds is 5. The first kappa shape index (κ1) is 33.0. The minimum absolute atomic E-state index is 0.511. The summed E-state index contributed by atoms with van der Waals surface area (Å²) < 4.78 is 6.71. The van der Waals surface area contributed by atoms with Gasteiger partial charge >= 0.3 is 0 Å². The lowest BCUT2D eigenvalue weighted by molar-refractivity contribution is 0.436. The van der Waals surface area contributed by atoms with Crippen LogP contribution in [-0.4, -0.2) is 9.97 Å². The zero-order chi connectivity index (χ0) is 37.9. The van der Waals surface area contributed by atoms with Crippen LogP contribution in [0.3, 0.4) is 0 Å². The van der Waals surface area contributed by atoms with Crippen LogP contribution in [0.4, 0.5) is 0 Å². The minimum atomic E-state index is -0.511. The molecule has 9 aromatic rings. The predicted octanol–water partition coefficient (Wildman–Crippen LogP) is 13.6. The lowest BCUT2D eigenvalue weighted by atomic mass is 9.66. The van der Waals surface area contributed by atoms with Crippen LogP contribution in [0.1, 0.15) is 27.8 Å². The highest BCUT2D eigenvalue weighted by Gasteiger charge is 2.51. The second-order valence-corrected chi connectivity index (χ2v) is 15.0. The van der Waals surface area contributed by atoms with Gasteiger partial charge in [0.2, 0.25) is 0 Å². The Morgan fingerprint density at radius 1 is 0.351 bits per heavy atom. The van der Waals surface area contributed by atoms with Gasteiger partial charge in [-0.2, -0.15) is 0 Å². The molecule has 1 spiro atoms. The van der Waals surface area contributed by atoms with Crippen molar-refractivity contribution in [1.82, 2.24) is 9.97 Å². The van der Waals surface area contributed by atoms with Crippen LogP contribution in [0.5, 0.6) is 11.5 Å². The van der Waals surface area contributed by atoms with E-state index in [0.717, 1.165) is 67.4 Å². The molecule has 0 amide bonds. The third kappa shape index (κ3) is 5.27. The van der Waals surface area contributed by atoms with E-state index in [0.29, 0.717) is 5.82 Å². The van der Waals surface area contributed by atoms with E-state index >= 15 is 0 Å². The number of hydrogen-bond acceptors (Lipinski definition) is 3. The fourth-order valence-corrected chi connectivity index (χ4v) is 9.06. The molecule has 1 aliphatic heterocycles. The Labute approximate surface area is 332 Å². The van der Waals surface area contributed by atoms with Gasteiger partial charge in [-0.15, -0.1) is 0 Å². The maximum Gasteiger partial charge on any atom is 0.160 e. The Morgan fingerprint density at radius 2 is 0.877 bits per heavy atom. The van der Waals surface area contributed by atoms with Crippen molar-refractivity contribution in [3.8, 4) is 78.8 Å². The standard InChI is InChI=1S/C54H36N2O/c1-35-27-28-41(53-55-49(36-15-4-2-5-16-36)34-50(56-53)37-17-6-3-7-18-37)32-44(35)40-20-14-19-38(31-40)39-29-30-52-48(33-39)54(47-25-12-13-26-51(47)57-52)45-23-10-8-21-42(45)43-22-9-11-24-46(43)54/h2-34H,1H3. The first-order valence-corrected chi connectivity index (χ1v) is 19.5. The number of nitrogens with zero attached hydrogens (tertiary/aromatic N) is 2. The number of para-hydroxylation sites is 1. The number of benzene rings is 8. The van der Waals surface area contributed by atoms with E-state index in [4.69, 9.17) is 14.7 Å². The van der Waals surface area contributed by atoms with E-state index in [1.165, 1.54) is 33.4 Å². The Morgan fingerprint density at radius 3 is 1.56 bits per heavy atom. The van der Waals surface area contributed by atoms with E-state index in [2.05, 4.69) is 195 Å². The summed E-state index contributed by atoms with van der Waals surface area (Å²) in [7, 11) is 0. The Balaban J connectivity index is 1.04. The number of hydrogen-bond donors (Lipinski definition) is 0. The Kier molecular flexibility index (Phi) is 7.61. The monoisotopic (exact) mass is 728 g/mol. The van der Waals surface area contributed by atoms with Crippen molar-refractivity contribution in [3.63, 3.8) is 0 Å². The maximum absolute atomic E-state index is 6.71. The molecule has 8 aromatic carbocycles. The van der Waals surface area contributed by atoms with E-state index in [-0.39, 0.29) is 0 Å². The molecule has 3 nitrogen and oxygen atoms in total. The number of ether oxygens (including phenoxy) is 1. The number of fused-ring (bicyclic) bond motifs is 9. The predicted molar refractivity (Wildman–Crippen MR) is 231 cm³/mol. The molecule has 11 rings (SSSR count). The minimum Gasteiger partial charge on any atom is -0.457 e.